The number of pyridine rings is 1. The molecule has 2 aromatic rings. The van der Waals surface area contributed by atoms with Crippen molar-refractivity contribution in [2.45, 2.75) is 32.6 Å². The average Bonchev–Trinajstić information content (AvgIpc) is 2.81. The van der Waals surface area contributed by atoms with E-state index in [4.69, 9.17) is 15.2 Å². The summed E-state index contributed by atoms with van der Waals surface area (Å²) in [6.45, 7) is 3.47. The third kappa shape index (κ3) is 5.03. The number of carbonyl (C=O) groups excluding carboxylic acids is 3. The maximum absolute atomic E-state index is 13.6. The van der Waals surface area contributed by atoms with Crippen molar-refractivity contribution in [2.75, 3.05) is 19.0 Å². The molecule has 35 heavy (non-hydrogen) atoms. The van der Waals surface area contributed by atoms with Crippen LogP contribution in [0.5, 0.6) is 11.5 Å². The van der Waals surface area contributed by atoms with Crippen molar-refractivity contribution in [3.8, 4) is 11.5 Å². The molecule has 9 heteroatoms. The van der Waals surface area contributed by atoms with Crippen molar-refractivity contribution >= 4 is 23.4 Å². The maximum Gasteiger partial charge on any atom is 0.337 e. The van der Waals surface area contributed by atoms with Gasteiger partial charge in [-0.05, 0) is 49.6 Å². The van der Waals surface area contributed by atoms with Crippen molar-refractivity contribution in [1.82, 2.24) is 5.32 Å². The second-order valence-electron chi connectivity index (χ2n) is 8.68. The average molecular weight is 478 g/mol. The molecule has 0 radical (unpaired) electrons. The fourth-order valence-electron chi connectivity index (χ4n) is 4.66. The van der Waals surface area contributed by atoms with Gasteiger partial charge in [0.05, 0.1) is 24.8 Å². The van der Waals surface area contributed by atoms with E-state index in [-0.39, 0.29) is 18.3 Å². The van der Waals surface area contributed by atoms with E-state index in [0.717, 1.165) is 16.8 Å². The van der Waals surface area contributed by atoms with Gasteiger partial charge in [-0.1, -0.05) is 12.1 Å². The molecule has 2 amide bonds. The number of fused-ring (bicyclic) bond motifs is 1. The number of hydrogen-bond acceptors (Lipinski definition) is 6. The highest BCUT2D eigenvalue weighted by Crippen LogP contribution is 2.45. The standard InChI is InChI=1S/C26H28N4O5/c1-14-9-10-28-22(11-14)30-26(33)23-15(2)29-17-5-4-6-18(31)25(17)24(23)16-7-8-19(20(12-16)34-3)35-13-21(27)32/h5,7-12,24-25,29H,4,6,13H2,1-3H3,(H2,27,32)(H,28,30,33)/p+1. The fourth-order valence-corrected chi connectivity index (χ4v) is 4.66. The normalized spacial score (nSPS) is 19.3. The number of Topliss-reactive ketones (excluding diaryl/α,β-unsaturated/α-hetero) is 1. The minimum Gasteiger partial charge on any atom is -0.493 e. The second-order valence-corrected chi connectivity index (χ2v) is 8.68. The molecule has 4 rings (SSSR count). The van der Waals surface area contributed by atoms with Crippen molar-refractivity contribution in [2.24, 2.45) is 11.7 Å². The highest BCUT2D eigenvalue weighted by Gasteiger charge is 2.44. The SMILES string of the molecule is COc1cc(C2C(C(=O)Nc3cc(C)cc[nH+]3)=C(C)NC3=CCCC(=O)C32)ccc1OCC(N)=O. The number of rotatable bonds is 7. The lowest BCUT2D eigenvalue weighted by molar-refractivity contribution is -0.360. The quantitative estimate of drug-likeness (QED) is 0.559. The first kappa shape index (κ1) is 24.0. The van der Waals surface area contributed by atoms with Crippen LogP contribution in [0.15, 0.2) is 59.6 Å². The molecular formula is C26H29N4O5+. The first-order valence-corrected chi connectivity index (χ1v) is 11.4. The van der Waals surface area contributed by atoms with Crippen LogP contribution in [-0.2, 0) is 14.4 Å². The van der Waals surface area contributed by atoms with E-state index < -0.39 is 17.7 Å². The van der Waals surface area contributed by atoms with Gasteiger partial charge in [0.1, 0.15) is 5.78 Å². The van der Waals surface area contributed by atoms with Crippen LogP contribution in [0.2, 0.25) is 0 Å². The third-order valence-corrected chi connectivity index (χ3v) is 6.18. The molecule has 2 unspecified atom stereocenters. The highest BCUT2D eigenvalue weighted by molar-refractivity contribution is 6.06. The number of nitrogens with two attached hydrogens (primary N) is 1. The Morgan fingerprint density at radius 2 is 1.97 bits per heavy atom. The number of anilines is 1. The van der Waals surface area contributed by atoms with E-state index in [0.29, 0.717) is 41.4 Å². The molecule has 1 aliphatic carbocycles. The molecule has 0 spiro atoms. The van der Waals surface area contributed by atoms with Crippen LogP contribution in [0.4, 0.5) is 5.82 Å². The molecule has 2 heterocycles. The molecule has 182 valence electrons. The Morgan fingerprint density at radius 3 is 2.69 bits per heavy atom. The number of nitrogens with one attached hydrogen (secondary N) is 3. The molecule has 1 aliphatic heterocycles. The van der Waals surface area contributed by atoms with E-state index in [9.17, 15) is 14.4 Å². The summed E-state index contributed by atoms with van der Waals surface area (Å²) >= 11 is 0. The number of methoxy groups -OCH3 is 1. The summed E-state index contributed by atoms with van der Waals surface area (Å²) in [7, 11) is 1.48. The van der Waals surface area contributed by atoms with Gasteiger partial charge in [-0.25, -0.2) is 15.1 Å². The van der Waals surface area contributed by atoms with Gasteiger partial charge in [-0.2, -0.15) is 0 Å². The zero-order valence-electron chi connectivity index (χ0n) is 19.9. The second kappa shape index (κ2) is 10.0. The Balaban J connectivity index is 1.78. The van der Waals surface area contributed by atoms with Crippen LogP contribution in [-0.4, -0.2) is 31.3 Å². The summed E-state index contributed by atoms with van der Waals surface area (Å²) in [5, 5.41) is 6.23. The van der Waals surface area contributed by atoms with Gasteiger partial charge in [0.2, 0.25) is 0 Å². The lowest BCUT2D eigenvalue weighted by Crippen LogP contribution is -2.41. The van der Waals surface area contributed by atoms with Gasteiger partial charge >= 0.3 is 5.91 Å². The summed E-state index contributed by atoms with van der Waals surface area (Å²) in [5.74, 6) is -0.659. The Hall–Kier alpha value is -4.14. The third-order valence-electron chi connectivity index (χ3n) is 6.18. The number of primary amides is 1. The van der Waals surface area contributed by atoms with Gasteiger partial charge in [0.15, 0.2) is 18.1 Å². The van der Waals surface area contributed by atoms with Crippen molar-refractivity contribution < 1.29 is 28.8 Å². The highest BCUT2D eigenvalue weighted by atomic mass is 16.5. The van der Waals surface area contributed by atoms with E-state index in [1.807, 2.05) is 32.1 Å². The van der Waals surface area contributed by atoms with Crippen LogP contribution in [0.1, 0.15) is 36.8 Å². The number of carbonyl (C=O) groups is 3. The molecule has 5 N–H and O–H groups in total. The van der Waals surface area contributed by atoms with E-state index in [1.165, 1.54) is 7.11 Å². The molecule has 9 nitrogen and oxygen atoms in total. The molecule has 0 bridgehead atoms. The number of aromatic amines is 1. The zero-order chi connectivity index (χ0) is 25.1. The van der Waals surface area contributed by atoms with Crippen molar-refractivity contribution in [3.63, 3.8) is 0 Å². The monoisotopic (exact) mass is 477 g/mol. The van der Waals surface area contributed by atoms with Gasteiger partial charge in [0, 0.05) is 29.8 Å². The molecule has 1 aromatic carbocycles. The first-order chi connectivity index (χ1) is 16.8. The lowest BCUT2D eigenvalue weighted by atomic mass is 9.70. The molecule has 0 saturated carbocycles. The topological polar surface area (TPSA) is 134 Å². The van der Waals surface area contributed by atoms with Crippen LogP contribution in [0.25, 0.3) is 0 Å². The Labute approximate surface area is 203 Å². The summed E-state index contributed by atoms with van der Waals surface area (Å²) in [6.07, 6.45) is 4.83. The molecule has 1 aromatic heterocycles. The van der Waals surface area contributed by atoms with Crippen LogP contribution in [0.3, 0.4) is 0 Å². The van der Waals surface area contributed by atoms with Crippen LogP contribution < -0.4 is 30.8 Å². The maximum atomic E-state index is 13.6. The van der Waals surface area contributed by atoms with Crippen LogP contribution >= 0.6 is 0 Å². The first-order valence-electron chi connectivity index (χ1n) is 11.4. The van der Waals surface area contributed by atoms with Crippen LogP contribution in [0, 0.1) is 12.8 Å². The minimum absolute atomic E-state index is 0.0629. The summed E-state index contributed by atoms with van der Waals surface area (Å²) < 4.78 is 10.9. The van der Waals surface area contributed by atoms with Gasteiger partial charge < -0.3 is 20.5 Å². The predicted molar refractivity (Wildman–Crippen MR) is 128 cm³/mol. The summed E-state index contributed by atoms with van der Waals surface area (Å²) in [6, 6.07) is 8.93. The Bertz CT molecular complexity index is 1250. The Kier molecular flexibility index (Phi) is 6.86. The lowest BCUT2D eigenvalue weighted by Gasteiger charge is -2.37. The predicted octanol–water partition coefficient (Wildman–Crippen LogP) is 2.14. The number of H-pyrrole nitrogens is 1. The van der Waals surface area contributed by atoms with E-state index in [1.54, 1.807) is 24.4 Å². The summed E-state index contributed by atoms with van der Waals surface area (Å²) in [4.78, 5) is 40.9. The number of ether oxygens (including phenoxy) is 2. The van der Waals surface area contributed by atoms with Crippen molar-refractivity contribution in [3.05, 3.63) is 70.7 Å². The fraction of sp³-hybridized carbons (Fsp3) is 0.308. The smallest absolute Gasteiger partial charge is 0.337 e. The van der Waals surface area contributed by atoms with E-state index in [2.05, 4.69) is 15.6 Å². The number of ketones is 1. The number of aromatic nitrogens is 1. The summed E-state index contributed by atoms with van der Waals surface area (Å²) in [5.41, 5.74) is 8.85. The largest absolute Gasteiger partial charge is 0.493 e. The molecule has 2 aliphatic rings. The van der Waals surface area contributed by atoms with E-state index >= 15 is 0 Å². The number of allylic oxidation sites excluding steroid dienone is 3. The molecule has 0 saturated heterocycles. The van der Waals surface area contributed by atoms with Gasteiger partial charge in [0.25, 0.3) is 11.7 Å². The number of amides is 2. The Morgan fingerprint density at radius 1 is 1.17 bits per heavy atom. The van der Waals surface area contributed by atoms with Crippen molar-refractivity contribution in [1.29, 1.82) is 0 Å². The number of benzene rings is 1. The van der Waals surface area contributed by atoms with Gasteiger partial charge in [-0.15, -0.1) is 0 Å². The number of hydrogen-bond donors (Lipinski definition) is 3. The minimum atomic E-state index is -0.609. The molecule has 0 fully saturated rings. The number of aryl methyl sites for hydroxylation is 1. The van der Waals surface area contributed by atoms with Gasteiger partial charge in [-0.3, -0.25) is 9.59 Å². The zero-order valence-corrected chi connectivity index (χ0v) is 19.9. The molecular weight excluding hydrogens is 448 g/mol. The molecule has 2 atom stereocenters.